The van der Waals surface area contributed by atoms with Gasteiger partial charge in [0.05, 0.1) is 20.8 Å². The van der Waals surface area contributed by atoms with E-state index in [1.165, 1.54) is 13.2 Å². The second-order valence-corrected chi connectivity index (χ2v) is 7.37. The molecule has 1 fully saturated rings. The summed E-state index contributed by atoms with van der Waals surface area (Å²) in [6.45, 7) is 0.857. The molecule has 4 rings (SSSR count). The van der Waals surface area contributed by atoms with Crippen LogP contribution in [0.4, 0.5) is 0 Å². The molecule has 0 saturated carbocycles. The van der Waals surface area contributed by atoms with E-state index in [1.807, 2.05) is 37.4 Å². The molecule has 0 aliphatic carbocycles. The second kappa shape index (κ2) is 7.89. The first-order valence-corrected chi connectivity index (χ1v) is 9.68. The van der Waals surface area contributed by atoms with E-state index in [0.717, 1.165) is 24.1 Å². The molecule has 2 atom stereocenters. The minimum Gasteiger partial charge on any atom is -0.496 e. The Morgan fingerprint density at radius 3 is 2.52 bits per heavy atom. The molecule has 0 bridgehead atoms. The first-order chi connectivity index (χ1) is 14.1. The Morgan fingerprint density at radius 2 is 1.86 bits per heavy atom. The first kappa shape index (κ1) is 19.5. The monoisotopic (exact) mass is 395 g/mol. The Morgan fingerprint density at radius 1 is 1.14 bits per heavy atom. The third kappa shape index (κ3) is 3.28. The van der Waals surface area contributed by atoms with Crippen LogP contribution in [0, 0.1) is 0 Å². The van der Waals surface area contributed by atoms with Crippen molar-refractivity contribution < 1.29 is 19.0 Å². The standard InChI is InChI=1S/C23H25NO5/c1-24-10-9-15(16(24)13-25)21-19(27-2)12-20(28-3)22-17(26)11-18(29-23(21)22)14-7-5-4-6-8-14/h4-8,11-12,15-16,25H,9-10,13H2,1-3H3/t15-,16+/m0/s1. The van der Waals surface area contributed by atoms with Gasteiger partial charge in [0.2, 0.25) is 0 Å². The average Bonchev–Trinajstić information content (AvgIpc) is 3.12. The SMILES string of the molecule is COc1cc(OC)c2c(=O)cc(-c3ccccc3)oc2c1[C@H]1CCN(C)[C@@H]1CO. The molecule has 3 aromatic rings. The lowest BCUT2D eigenvalue weighted by atomic mass is 9.89. The van der Waals surface area contributed by atoms with Crippen LogP contribution in [0.15, 0.2) is 51.7 Å². The van der Waals surface area contributed by atoms with E-state index in [9.17, 15) is 9.90 Å². The van der Waals surface area contributed by atoms with Crippen LogP contribution in [0.1, 0.15) is 17.9 Å². The minimum atomic E-state index is -0.169. The summed E-state index contributed by atoms with van der Waals surface area (Å²) in [6.07, 6.45) is 0.832. The van der Waals surface area contributed by atoms with Gasteiger partial charge in [-0.25, -0.2) is 0 Å². The third-order valence-electron chi connectivity index (χ3n) is 5.85. The molecule has 2 heterocycles. The number of methoxy groups -OCH3 is 2. The highest BCUT2D eigenvalue weighted by molar-refractivity contribution is 5.90. The van der Waals surface area contributed by atoms with Crippen LogP contribution in [0.3, 0.4) is 0 Å². The predicted octanol–water partition coefficient (Wildman–Crippen LogP) is 3.26. The lowest BCUT2D eigenvalue weighted by Gasteiger charge is -2.25. The van der Waals surface area contributed by atoms with Gasteiger partial charge in [-0.2, -0.15) is 0 Å². The molecule has 1 aromatic heterocycles. The third-order valence-corrected chi connectivity index (χ3v) is 5.85. The highest BCUT2D eigenvalue weighted by Gasteiger charge is 2.37. The topological polar surface area (TPSA) is 72.1 Å². The Balaban J connectivity index is 2.05. The predicted molar refractivity (Wildman–Crippen MR) is 112 cm³/mol. The molecule has 6 heteroatoms. The fourth-order valence-electron chi connectivity index (χ4n) is 4.33. The van der Waals surface area contributed by atoms with E-state index in [1.54, 1.807) is 13.2 Å². The van der Waals surface area contributed by atoms with Crippen molar-refractivity contribution in [3.05, 3.63) is 58.3 Å². The van der Waals surface area contributed by atoms with Gasteiger partial charge in [0.1, 0.15) is 28.2 Å². The van der Waals surface area contributed by atoms with Crippen LogP contribution in [0.2, 0.25) is 0 Å². The maximum atomic E-state index is 13.1. The van der Waals surface area contributed by atoms with Gasteiger partial charge in [-0.15, -0.1) is 0 Å². The normalized spacial score (nSPS) is 19.6. The van der Waals surface area contributed by atoms with Crippen molar-refractivity contribution in [2.45, 2.75) is 18.4 Å². The second-order valence-electron chi connectivity index (χ2n) is 7.37. The maximum Gasteiger partial charge on any atom is 0.197 e. The molecule has 0 unspecified atom stereocenters. The number of likely N-dealkylation sites (N-methyl/N-ethyl adjacent to an activating group) is 1. The van der Waals surface area contributed by atoms with Crippen LogP contribution in [0.25, 0.3) is 22.3 Å². The summed E-state index contributed by atoms with van der Waals surface area (Å²) in [5, 5.41) is 10.4. The van der Waals surface area contributed by atoms with Gasteiger partial charge in [0, 0.05) is 35.2 Å². The van der Waals surface area contributed by atoms with Gasteiger partial charge in [-0.1, -0.05) is 30.3 Å². The molecule has 0 radical (unpaired) electrons. The van der Waals surface area contributed by atoms with E-state index < -0.39 is 0 Å². The zero-order valence-electron chi connectivity index (χ0n) is 16.8. The Hall–Kier alpha value is -2.83. The van der Waals surface area contributed by atoms with Gasteiger partial charge in [0.15, 0.2) is 5.43 Å². The number of hydrogen-bond donors (Lipinski definition) is 1. The van der Waals surface area contributed by atoms with Crippen LogP contribution >= 0.6 is 0 Å². The molecule has 0 amide bonds. The smallest absolute Gasteiger partial charge is 0.197 e. The summed E-state index contributed by atoms with van der Waals surface area (Å²) in [4.78, 5) is 15.2. The number of fused-ring (bicyclic) bond motifs is 1. The number of hydrogen-bond acceptors (Lipinski definition) is 6. The number of benzene rings is 2. The minimum absolute atomic E-state index is 0.0143. The van der Waals surface area contributed by atoms with Crippen molar-refractivity contribution in [2.75, 3.05) is 34.4 Å². The summed E-state index contributed by atoms with van der Waals surface area (Å²) >= 11 is 0. The van der Waals surface area contributed by atoms with Crippen LogP contribution in [-0.4, -0.2) is 50.5 Å². The number of aliphatic hydroxyl groups is 1. The van der Waals surface area contributed by atoms with Crippen LogP contribution in [-0.2, 0) is 0 Å². The summed E-state index contributed by atoms with van der Waals surface area (Å²) in [7, 11) is 5.11. The molecule has 1 aliphatic rings. The Labute approximate surface area is 169 Å². The molecule has 0 spiro atoms. The molecule has 1 saturated heterocycles. The zero-order chi connectivity index (χ0) is 20.5. The van der Waals surface area contributed by atoms with Crippen molar-refractivity contribution in [3.63, 3.8) is 0 Å². The van der Waals surface area contributed by atoms with Gasteiger partial charge in [-0.3, -0.25) is 4.79 Å². The fourth-order valence-corrected chi connectivity index (χ4v) is 4.33. The summed E-state index contributed by atoms with van der Waals surface area (Å²) in [6, 6.07) is 12.7. The molecule has 1 N–H and O–H groups in total. The lowest BCUT2D eigenvalue weighted by molar-refractivity contribution is 0.171. The molecular weight excluding hydrogens is 370 g/mol. The number of ether oxygens (including phenoxy) is 2. The Bertz CT molecular complexity index is 1080. The highest BCUT2D eigenvalue weighted by Crippen LogP contribution is 2.44. The van der Waals surface area contributed by atoms with Gasteiger partial charge >= 0.3 is 0 Å². The fraction of sp³-hybridized carbons (Fsp3) is 0.348. The Kier molecular flexibility index (Phi) is 5.30. The van der Waals surface area contributed by atoms with E-state index in [4.69, 9.17) is 13.9 Å². The van der Waals surface area contributed by atoms with Crippen LogP contribution in [0.5, 0.6) is 11.5 Å². The number of likely N-dealkylation sites (tertiary alicyclic amines) is 1. The van der Waals surface area contributed by atoms with E-state index in [2.05, 4.69) is 4.90 Å². The molecule has 152 valence electrons. The average molecular weight is 395 g/mol. The summed E-state index contributed by atoms with van der Waals surface area (Å²) in [5.41, 5.74) is 1.92. The molecule has 1 aliphatic heterocycles. The van der Waals surface area contributed by atoms with Gasteiger partial charge in [-0.05, 0) is 20.0 Å². The first-order valence-electron chi connectivity index (χ1n) is 9.68. The molecule has 2 aromatic carbocycles. The van der Waals surface area contributed by atoms with Gasteiger partial charge < -0.3 is 23.9 Å². The molecular formula is C23H25NO5. The van der Waals surface area contributed by atoms with E-state index in [0.29, 0.717) is 28.2 Å². The summed E-state index contributed by atoms with van der Waals surface area (Å²) < 4.78 is 17.5. The number of aliphatic hydroxyl groups excluding tert-OH is 1. The van der Waals surface area contributed by atoms with Crippen molar-refractivity contribution in [2.24, 2.45) is 0 Å². The largest absolute Gasteiger partial charge is 0.496 e. The number of rotatable bonds is 5. The van der Waals surface area contributed by atoms with Crippen molar-refractivity contribution >= 4 is 11.0 Å². The maximum absolute atomic E-state index is 13.1. The quantitative estimate of drug-likeness (QED) is 0.715. The van der Waals surface area contributed by atoms with E-state index >= 15 is 0 Å². The van der Waals surface area contributed by atoms with Gasteiger partial charge in [0.25, 0.3) is 0 Å². The molecule has 6 nitrogen and oxygen atoms in total. The summed E-state index contributed by atoms with van der Waals surface area (Å²) in [5.74, 6) is 1.48. The molecule has 29 heavy (non-hydrogen) atoms. The number of nitrogens with zero attached hydrogens (tertiary/aromatic N) is 1. The van der Waals surface area contributed by atoms with Crippen molar-refractivity contribution in [1.82, 2.24) is 4.90 Å². The van der Waals surface area contributed by atoms with Crippen molar-refractivity contribution in [1.29, 1.82) is 0 Å². The van der Waals surface area contributed by atoms with Crippen molar-refractivity contribution in [3.8, 4) is 22.8 Å². The lowest BCUT2D eigenvalue weighted by Crippen LogP contribution is -2.32. The zero-order valence-corrected chi connectivity index (χ0v) is 16.8. The van der Waals surface area contributed by atoms with Crippen LogP contribution < -0.4 is 14.9 Å². The van der Waals surface area contributed by atoms with E-state index in [-0.39, 0.29) is 24.0 Å². The highest BCUT2D eigenvalue weighted by atomic mass is 16.5.